The van der Waals surface area contributed by atoms with Crippen molar-refractivity contribution in [2.45, 2.75) is 6.10 Å². The minimum atomic E-state index is -0.755. The molecular formula is C18H18N2O2. The molecule has 1 unspecified atom stereocenters. The van der Waals surface area contributed by atoms with E-state index < -0.39 is 6.10 Å². The highest BCUT2D eigenvalue weighted by molar-refractivity contribution is 5.56. The van der Waals surface area contributed by atoms with Crippen LogP contribution in [0.25, 0.3) is 11.4 Å². The number of benzene rings is 2. The van der Waals surface area contributed by atoms with Crippen molar-refractivity contribution < 1.29 is 9.84 Å². The Labute approximate surface area is 129 Å². The summed E-state index contributed by atoms with van der Waals surface area (Å²) in [6.07, 6.45) is 1.10. The molecule has 0 amide bonds. The molecule has 0 saturated heterocycles. The van der Waals surface area contributed by atoms with Gasteiger partial charge in [-0.1, -0.05) is 42.5 Å². The minimum Gasteiger partial charge on any atom is -0.497 e. The van der Waals surface area contributed by atoms with E-state index >= 15 is 0 Å². The van der Waals surface area contributed by atoms with Crippen LogP contribution in [-0.4, -0.2) is 21.8 Å². The number of hydrogen-bond donors (Lipinski definition) is 1. The van der Waals surface area contributed by atoms with Crippen LogP contribution in [0, 0.1) is 0 Å². The van der Waals surface area contributed by atoms with Crippen LogP contribution in [0.2, 0.25) is 0 Å². The normalized spacial score (nSPS) is 12.1. The molecule has 1 N–H and O–H groups in total. The second-order valence-electron chi connectivity index (χ2n) is 5.14. The van der Waals surface area contributed by atoms with Crippen molar-refractivity contribution in [3.63, 3.8) is 0 Å². The first kappa shape index (κ1) is 14.4. The molecule has 112 valence electrons. The van der Waals surface area contributed by atoms with E-state index in [1.54, 1.807) is 7.11 Å². The fourth-order valence-electron chi connectivity index (χ4n) is 2.43. The third-order valence-electron chi connectivity index (χ3n) is 3.64. The lowest BCUT2D eigenvalue weighted by Gasteiger charge is -2.08. The van der Waals surface area contributed by atoms with Gasteiger partial charge in [0.1, 0.15) is 17.7 Å². The Morgan fingerprint density at radius 2 is 1.73 bits per heavy atom. The molecule has 0 spiro atoms. The van der Waals surface area contributed by atoms with Crippen LogP contribution in [0.1, 0.15) is 17.4 Å². The Hall–Kier alpha value is -2.59. The number of aryl methyl sites for hydroxylation is 1. The zero-order valence-corrected chi connectivity index (χ0v) is 12.6. The lowest BCUT2D eigenvalue weighted by Crippen LogP contribution is -2.00. The summed E-state index contributed by atoms with van der Waals surface area (Å²) in [6.45, 7) is 0. The highest BCUT2D eigenvalue weighted by Gasteiger charge is 2.16. The summed E-state index contributed by atoms with van der Waals surface area (Å²) in [4.78, 5) is 4.58. The molecule has 1 aromatic heterocycles. The van der Waals surface area contributed by atoms with Gasteiger partial charge in [0.15, 0.2) is 0 Å². The van der Waals surface area contributed by atoms with E-state index in [1.165, 1.54) is 0 Å². The molecule has 0 aliphatic heterocycles. The van der Waals surface area contributed by atoms with E-state index in [0.29, 0.717) is 5.69 Å². The van der Waals surface area contributed by atoms with Gasteiger partial charge in [-0.15, -0.1) is 0 Å². The van der Waals surface area contributed by atoms with Gasteiger partial charge >= 0.3 is 0 Å². The molecule has 0 radical (unpaired) electrons. The van der Waals surface area contributed by atoms with Gasteiger partial charge in [-0.3, -0.25) is 0 Å². The van der Waals surface area contributed by atoms with Crippen molar-refractivity contribution in [2.24, 2.45) is 7.05 Å². The van der Waals surface area contributed by atoms with Crippen LogP contribution < -0.4 is 4.74 Å². The molecule has 22 heavy (non-hydrogen) atoms. The average Bonchev–Trinajstić information content (AvgIpc) is 2.97. The van der Waals surface area contributed by atoms with Gasteiger partial charge in [-0.2, -0.15) is 0 Å². The number of ether oxygens (including phenoxy) is 1. The lowest BCUT2D eigenvalue weighted by atomic mass is 10.1. The van der Waals surface area contributed by atoms with E-state index in [9.17, 15) is 5.11 Å². The molecule has 4 nitrogen and oxygen atoms in total. The number of rotatable bonds is 4. The second kappa shape index (κ2) is 6.03. The maximum absolute atomic E-state index is 10.5. The summed E-state index contributed by atoms with van der Waals surface area (Å²) in [7, 11) is 3.55. The van der Waals surface area contributed by atoms with Gasteiger partial charge in [0.05, 0.1) is 12.8 Å². The molecule has 0 aliphatic carbocycles. The van der Waals surface area contributed by atoms with Gasteiger partial charge in [-0.05, 0) is 17.7 Å². The predicted molar refractivity (Wildman–Crippen MR) is 85.7 cm³/mol. The first-order valence-electron chi connectivity index (χ1n) is 7.09. The summed E-state index contributed by atoms with van der Waals surface area (Å²) < 4.78 is 7.06. The zero-order valence-electron chi connectivity index (χ0n) is 12.6. The number of imidazole rings is 1. The second-order valence-corrected chi connectivity index (χ2v) is 5.14. The minimum absolute atomic E-state index is 0.631. The van der Waals surface area contributed by atoms with Crippen LogP contribution >= 0.6 is 0 Å². The Morgan fingerprint density at radius 3 is 2.36 bits per heavy atom. The smallest absolute Gasteiger partial charge is 0.140 e. The largest absolute Gasteiger partial charge is 0.497 e. The Balaban J connectivity index is 1.91. The molecule has 3 aromatic rings. The van der Waals surface area contributed by atoms with Gasteiger partial charge in [0.2, 0.25) is 0 Å². The molecule has 0 saturated carbocycles. The third-order valence-corrected chi connectivity index (χ3v) is 3.64. The van der Waals surface area contributed by atoms with E-state index in [2.05, 4.69) is 4.98 Å². The summed E-state index contributed by atoms with van der Waals surface area (Å²) in [5.74, 6) is 1.60. The number of aromatic nitrogens is 2. The van der Waals surface area contributed by atoms with Crippen LogP contribution in [0.5, 0.6) is 5.75 Å². The van der Waals surface area contributed by atoms with Crippen molar-refractivity contribution in [1.29, 1.82) is 0 Å². The maximum Gasteiger partial charge on any atom is 0.140 e. The van der Waals surface area contributed by atoms with Crippen LogP contribution in [-0.2, 0) is 7.05 Å². The molecular weight excluding hydrogens is 276 g/mol. The van der Waals surface area contributed by atoms with Gasteiger partial charge in [0.25, 0.3) is 0 Å². The first-order valence-corrected chi connectivity index (χ1v) is 7.09. The number of aliphatic hydroxyl groups is 1. The lowest BCUT2D eigenvalue weighted by molar-refractivity contribution is 0.215. The van der Waals surface area contributed by atoms with Crippen LogP contribution in [0.3, 0.4) is 0 Å². The zero-order chi connectivity index (χ0) is 15.5. The quantitative estimate of drug-likeness (QED) is 0.804. The molecule has 0 bridgehead atoms. The molecule has 4 heteroatoms. The molecule has 2 aromatic carbocycles. The van der Waals surface area contributed by atoms with Crippen LogP contribution in [0.15, 0.2) is 60.8 Å². The number of hydrogen-bond acceptors (Lipinski definition) is 3. The number of methoxy groups -OCH3 is 1. The third kappa shape index (κ3) is 2.73. The molecule has 0 aliphatic rings. The van der Waals surface area contributed by atoms with Gasteiger partial charge in [-0.25, -0.2) is 4.98 Å². The van der Waals surface area contributed by atoms with E-state index in [1.807, 2.05) is 72.4 Å². The summed E-state index contributed by atoms with van der Waals surface area (Å²) in [5, 5.41) is 10.5. The van der Waals surface area contributed by atoms with Crippen molar-refractivity contribution in [1.82, 2.24) is 9.55 Å². The highest BCUT2D eigenvalue weighted by Crippen LogP contribution is 2.26. The molecule has 3 rings (SSSR count). The molecule has 1 atom stereocenters. The predicted octanol–water partition coefficient (Wildman–Crippen LogP) is 3.18. The van der Waals surface area contributed by atoms with Crippen molar-refractivity contribution in [2.75, 3.05) is 7.11 Å². The standard InChI is InChI=1S/C18H18N2O2/c1-20-12-16(19-18(20)14-6-4-3-5-7-14)17(21)13-8-10-15(22-2)11-9-13/h3-12,17,21H,1-2H3. The SMILES string of the molecule is COc1ccc(C(O)c2cn(C)c(-c3ccccc3)n2)cc1. The number of aliphatic hydroxyl groups excluding tert-OH is 1. The highest BCUT2D eigenvalue weighted by atomic mass is 16.5. The van der Waals surface area contributed by atoms with Crippen molar-refractivity contribution >= 4 is 0 Å². The fraction of sp³-hybridized carbons (Fsp3) is 0.167. The van der Waals surface area contributed by atoms with Crippen molar-refractivity contribution in [3.8, 4) is 17.1 Å². The van der Waals surface area contributed by atoms with E-state index in [4.69, 9.17) is 4.74 Å². The first-order chi connectivity index (χ1) is 10.7. The summed E-state index contributed by atoms with van der Waals surface area (Å²) >= 11 is 0. The Bertz CT molecular complexity index is 749. The van der Waals surface area contributed by atoms with E-state index in [-0.39, 0.29) is 0 Å². The van der Waals surface area contributed by atoms with Gasteiger partial charge < -0.3 is 14.4 Å². The average molecular weight is 294 g/mol. The maximum atomic E-state index is 10.5. The molecule has 1 heterocycles. The number of nitrogens with zero attached hydrogens (tertiary/aromatic N) is 2. The summed E-state index contributed by atoms with van der Waals surface area (Å²) in [5.41, 5.74) is 2.45. The molecule has 0 fully saturated rings. The van der Waals surface area contributed by atoms with Crippen LogP contribution in [0.4, 0.5) is 0 Å². The van der Waals surface area contributed by atoms with E-state index in [0.717, 1.165) is 22.7 Å². The fourth-order valence-corrected chi connectivity index (χ4v) is 2.43. The Morgan fingerprint density at radius 1 is 1.05 bits per heavy atom. The topological polar surface area (TPSA) is 47.3 Å². The summed E-state index contributed by atoms with van der Waals surface area (Å²) in [6, 6.07) is 17.3. The Kier molecular flexibility index (Phi) is 3.94. The van der Waals surface area contributed by atoms with Gasteiger partial charge in [0, 0.05) is 18.8 Å². The monoisotopic (exact) mass is 294 g/mol. The van der Waals surface area contributed by atoms with Crippen molar-refractivity contribution in [3.05, 3.63) is 72.1 Å².